The predicted molar refractivity (Wildman–Crippen MR) is 118 cm³/mol. The van der Waals surface area contributed by atoms with Gasteiger partial charge in [0.15, 0.2) is 0 Å². The molecule has 2 bridgehead atoms. The molecule has 2 aromatic rings. The topological polar surface area (TPSA) is 44.8 Å². The van der Waals surface area contributed by atoms with E-state index in [-0.39, 0.29) is 5.91 Å². The zero-order chi connectivity index (χ0) is 19.6. The van der Waals surface area contributed by atoms with Crippen LogP contribution in [0.25, 0.3) is 0 Å². The Morgan fingerprint density at radius 2 is 1.79 bits per heavy atom. The van der Waals surface area contributed by atoms with E-state index in [0.29, 0.717) is 12.0 Å². The van der Waals surface area contributed by atoms with Crippen LogP contribution in [0.4, 0.5) is 5.69 Å². The minimum absolute atomic E-state index is 0.0864. The van der Waals surface area contributed by atoms with E-state index in [1.165, 1.54) is 36.5 Å². The Labute approximate surface area is 180 Å². The Hall–Kier alpha value is -1.54. The summed E-state index contributed by atoms with van der Waals surface area (Å²) in [5, 5.41) is 3.29. The average molecular weight is 430 g/mol. The van der Waals surface area contributed by atoms with E-state index in [0.717, 1.165) is 41.9 Å². The smallest absolute Gasteiger partial charge is 0.261 e. The van der Waals surface area contributed by atoms with E-state index >= 15 is 0 Å². The molecule has 154 valence electrons. The number of morpholine rings is 1. The summed E-state index contributed by atoms with van der Waals surface area (Å²) in [7, 11) is 0. The molecule has 4 aliphatic heterocycles. The maximum Gasteiger partial charge on any atom is 0.261 e. The number of amides is 1. The second-order valence-electron chi connectivity index (χ2n) is 8.03. The number of nitrogens with one attached hydrogen (secondary N) is 1. The first-order valence-corrected chi connectivity index (χ1v) is 12.1. The van der Waals surface area contributed by atoms with E-state index in [4.69, 9.17) is 4.74 Å². The number of hydrogen-bond donors (Lipinski definition) is 1. The van der Waals surface area contributed by atoms with Gasteiger partial charge in [-0.05, 0) is 68.2 Å². The molecule has 1 atom stereocenters. The normalized spacial score (nSPS) is 26.5. The summed E-state index contributed by atoms with van der Waals surface area (Å²) in [6, 6.07) is 13.0. The van der Waals surface area contributed by atoms with Crippen molar-refractivity contribution in [1.29, 1.82) is 0 Å². The highest BCUT2D eigenvalue weighted by atomic mass is 32.2. The third-order valence-corrected chi connectivity index (χ3v) is 8.43. The number of benzene rings is 1. The van der Waals surface area contributed by atoms with Gasteiger partial charge in [0.25, 0.3) is 5.91 Å². The number of rotatable bonds is 5. The van der Waals surface area contributed by atoms with Gasteiger partial charge in [0.05, 0.1) is 22.3 Å². The molecule has 7 heteroatoms. The average Bonchev–Trinajstić information content (AvgIpc) is 3.24. The maximum atomic E-state index is 12.7. The number of anilines is 1. The molecule has 1 aromatic heterocycles. The van der Waals surface area contributed by atoms with Crippen LogP contribution < -0.4 is 10.2 Å². The minimum Gasteiger partial charge on any atom is -0.378 e. The molecule has 6 rings (SSSR count). The molecule has 5 heterocycles. The molecule has 29 heavy (non-hydrogen) atoms. The lowest BCUT2D eigenvalue weighted by Gasteiger charge is -2.44. The van der Waals surface area contributed by atoms with Crippen LogP contribution in [-0.4, -0.2) is 62.8 Å². The minimum atomic E-state index is 0.0864. The van der Waals surface area contributed by atoms with Crippen LogP contribution in [0.15, 0.2) is 45.5 Å². The monoisotopic (exact) mass is 429 g/mol. The van der Waals surface area contributed by atoms with Gasteiger partial charge < -0.3 is 19.9 Å². The van der Waals surface area contributed by atoms with E-state index in [1.807, 2.05) is 6.07 Å². The Bertz CT molecular complexity index is 840. The molecule has 4 fully saturated rings. The molecular formula is C22H27N3O2S2. The fraction of sp³-hybridized carbons (Fsp3) is 0.500. The van der Waals surface area contributed by atoms with Gasteiger partial charge in [-0.2, -0.15) is 0 Å². The van der Waals surface area contributed by atoms with Crippen molar-refractivity contribution >= 4 is 34.7 Å². The molecule has 4 aliphatic rings. The first-order chi connectivity index (χ1) is 14.2. The van der Waals surface area contributed by atoms with Crippen LogP contribution in [0.1, 0.15) is 22.5 Å². The molecule has 0 unspecified atom stereocenters. The standard InChI is InChI=1S/C22H27N3O2S2/c26-22(23-19-15-24-9-7-16(19)8-10-24)20-5-6-21(29-20)28-18-3-1-17(2-4-18)25-11-13-27-14-12-25/h1-6,16,19H,7-15H2,(H,23,26)/t19-/m0/s1. The van der Waals surface area contributed by atoms with Gasteiger partial charge >= 0.3 is 0 Å². The Balaban J connectivity index is 1.18. The van der Waals surface area contributed by atoms with Crippen molar-refractivity contribution in [3.8, 4) is 0 Å². The fourth-order valence-electron chi connectivity index (χ4n) is 4.53. The first kappa shape index (κ1) is 19.4. The largest absolute Gasteiger partial charge is 0.378 e. The number of piperidine rings is 3. The van der Waals surface area contributed by atoms with Crippen LogP contribution in [-0.2, 0) is 4.74 Å². The van der Waals surface area contributed by atoms with Gasteiger partial charge in [0.1, 0.15) is 0 Å². The van der Waals surface area contributed by atoms with Gasteiger partial charge in [-0.25, -0.2) is 0 Å². The summed E-state index contributed by atoms with van der Waals surface area (Å²) in [6.45, 7) is 6.92. The Kier molecular flexibility index (Phi) is 5.81. The highest BCUT2D eigenvalue weighted by molar-refractivity contribution is 8.01. The van der Waals surface area contributed by atoms with Gasteiger partial charge in [0.2, 0.25) is 0 Å². The lowest BCUT2D eigenvalue weighted by Crippen LogP contribution is -2.57. The molecule has 0 spiro atoms. The highest BCUT2D eigenvalue weighted by Gasteiger charge is 2.35. The maximum absolute atomic E-state index is 12.7. The molecule has 0 aliphatic carbocycles. The molecule has 1 N–H and O–H groups in total. The molecule has 5 nitrogen and oxygen atoms in total. The quantitative estimate of drug-likeness (QED) is 0.787. The number of hydrogen-bond acceptors (Lipinski definition) is 6. The van der Waals surface area contributed by atoms with Crippen molar-refractivity contribution in [3.63, 3.8) is 0 Å². The summed E-state index contributed by atoms with van der Waals surface area (Å²) >= 11 is 3.31. The van der Waals surface area contributed by atoms with Crippen LogP contribution in [0.5, 0.6) is 0 Å². The number of ether oxygens (including phenoxy) is 1. The second-order valence-corrected chi connectivity index (χ2v) is 10.5. The predicted octanol–water partition coefficient (Wildman–Crippen LogP) is 3.56. The van der Waals surface area contributed by atoms with Crippen LogP contribution in [0.2, 0.25) is 0 Å². The Morgan fingerprint density at radius 1 is 1.03 bits per heavy atom. The number of carbonyl (C=O) groups is 1. The number of nitrogens with zero attached hydrogens (tertiary/aromatic N) is 2. The van der Waals surface area contributed by atoms with Crippen molar-refractivity contribution < 1.29 is 9.53 Å². The van der Waals surface area contributed by atoms with Gasteiger partial charge in [-0.3, -0.25) is 4.79 Å². The molecule has 1 aromatic carbocycles. The molecule has 4 saturated heterocycles. The lowest BCUT2D eigenvalue weighted by molar-refractivity contribution is 0.0622. The van der Waals surface area contributed by atoms with E-state index in [9.17, 15) is 4.79 Å². The Morgan fingerprint density at radius 3 is 2.48 bits per heavy atom. The molecule has 1 amide bonds. The SMILES string of the molecule is O=C(N[C@H]1CN2CCC1CC2)c1ccc(Sc2ccc(N3CCOCC3)cc2)s1. The van der Waals surface area contributed by atoms with Crippen molar-refractivity contribution in [2.45, 2.75) is 28.0 Å². The van der Waals surface area contributed by atoms with Crippen molar-refractivity contribution in [2.75, 3.05) is 50.8 Å². The lowest BCUT2D eigenvalue weighted by atomic mass is 9.84. The third-order valence-electron chi connectivity index (χ3n) is 6.21. The summed E-state index contributed by atoms with van der Waals surface area (Å²) in [6.07, 6.45) is 2.44. The number of carbonyl (C=O) groups excluding carboxylic acids is 1. The van der Waals surface area contributed by atoms with Crippen LogP contribution >= 0.6 is 23.1 Å². The molecule has 0 radical (unpaired) electrons. The molecule has 0 saturated carbocycles. The summed E-state index contributed by atoms with van der Waals surface area (Å²) < 4.78 is 6.58. The van der Waals surface area contributed by atoms with Crippen LogP contribution in [0, 0.1) is 5.92 Å². The van der Waals surface area contributed by atoms with Crippen molar-refractivity contribution in [1.82, 2.24) is 10.2 Å². The summed E-state index contributed by atoms with van der Waals surface area (Å²) in [5.74, 6) is 0.742. The van der Waals surface area contributed by atoms with Crippen molar-refractivity contribution in [2.24, 2.45) is 5.92 Å². The van der Waals surface area contributed by atoms with Gasteiger partial charge in [-0.1, -0.05) is 11.8 Å². The van der Waals surface area contributed by atoms with E-state index < -0.39 is 0 Å². The number of fused-ring (bicyclic) bond motifs is 3. The van der Waals surface area contributed by atoms with Gasteiger partial charge in [-0.15, -0.1) is 11.3 Å². The van der Waals surface area contributed by atoms with E-state index in [1.54, 1.807) is 23.1 Å². The van der Waals surface area contributed by atoms with Crippen molar-refractivity contribution in [3.05, 3.63) is 41.3 Å². The third kappa shape index (κ3) is 4.48. The van der Waals surface area contributed by atoms with E-state index in [2.05, 4.69) is 45.4 Å². The zero-order valence-electron chi connectivity index (χ0n) is 16.5. The fourth-order valence-corrected chi connectivity index (χ4v) is 6.53. The number of thiophene rings is 1. The second kappa shape index (κ2) is 8.68. The summed E-state index contributed by atoms with van der Waals surface area (Å²) in [4.78, 5) is 19.6. The first-order valence-electron chi connectivity index (χ1n) is 10.5. The zero-order valence-corrected chi connectivity index (χ0v) is 18.1. The highest BCUT2D eigenvalue weighted by Crippen LogP contribution is 2.35. The summed E-state index contributed by atoms with van der Waals surface area (Å²) in [5.41, 5.74) is 1.25. The van der Waals surface area contributed by atoms with Gasteiger partial charge in [0, 0.05) is 36.3 Å². The molecular weight excluding hydrogens is 402 g/mol. The van der Waals surface area contributed by atoms with Crippen LogP contribution in [0.3, 0.4) is 0 Å².